The highest BCUT2D eigenvalue weighted by Gasteiger charge is 2.41. The van der Waals surface area contributed by atoms with Crippen molar-refractivity contribution >= 4 is 41.7 Å². The molecule has 3 nitrogen and oxygen atoms in total. The van der Waals surface area contributed by atoms with Crippen LogP contribution in [0.15, 0.2) is 29.2 Å². The SMILES string of the molecule is CC(CN)(NC(=O)CSc1ccc(Cl)cc1)C1CC1.Cl. The fourth-order valence-corrected chi connectivity index (χ4v) is 2.90. The molecule has 1 unspecified atom stereocenters. The maximum Gasteiger partial charge on any atom is 0.230 e. The van der Waals surface area contributed by atoms with Crippen molar-refractivity contribution < 1.29 is 4.79 Å². The van der Waals surface area contributed by atoms with E-state index in [9.17, 15) is 4.79 Å². The Morgan fingerprint density at radius 1 is 1.45 bits per heavy atom. The first kappa shape index (κ1) is 17.6. The Balaban J connectivity index is 0.00000200. The molecule has 2 rings (SSSR count). The molecule has 1 saturated carbocycles. The molecule has 0 heterocycles. The van der Waals surface area contributed by atoms with E-state index in [4.69, 9.17) is 17.3 Å². The minimum absolute atomic E-state index is 0. The van der Waals surface area contributed by atoms with E-state index in [0.717, 1.165) is 17.7 Å². The number of benzene rings is 1. The summed E-state index contributed by atoms with van der Waals surface area (Å²) in [5, 5.41) is 3.78. The van der Waals surface area contributed by atoms with Gasteiger partial charge in [-0.1, -0.05) is 11.6 Å². The van der Waals surface area contributed by atoms with Gasteiger partial charge in [-0.25, -0.2) is 0 Å². The summed E-state index contributed by atoms with van der Waals surface area (Å²) in [6.07, 6.45) is 2.33. The zero-order chi connectivity index (χ0) is 13.9. The number of halogens is 2. The zero-order valence-corrected chi connectivity index (χ0v) is 13.8. The lowest BCUT2D eigenvalue weighted by Gasteiger charge is -2.29. The van der Waals surface area contributed by atoms with Crippen molar-refractivity contribution in [1.82, 2.24) is 5.32 Å². The number of hydrogen-bond donors (Lipinski definition) is 2. The van der Waals surface area contributed by atoms with Crippen LogP contribution in [0.5, 0.6) is 0 Å². The smallest absolute Gasteiger partial charge is 0.230 e. The minimum atomic E-state index is -0.238. The highest BCUT2D eigenvalue weighted by Crippen LogP contribution is 2.39. The monoisotopic (exact) mass is 334 g/mol. The van der Waals surface area contributed by atoms with Crippen LogP contribution in [0.1, 0.15) is 19.8 Å². The molecule has 0 aliphatic heterocycles. The Bertz CT molecular complexity index is 451. The van der Waals surface area contributed by atoms with Crippen LogP contribution in [0.25, 0.3) is 0 Å². The van der Waals surface area contributed by atoms with Gasteiger partial charge in [0.15, 0.2) is 0 Å². The Morgan fingerprint density at radius 3 is 2.55 bits per heavy atom. The van der Waals surface area contributed by atoms with Gasteiger partial charge < -0.3 is 11.1 Å². The van der Waals surface area contributed by atoms with Gasteiger partial charge in [-0.15, -0.1) is 24.2 Å². The Hall–Kier alpha value is -0.420. The van der Waals surface area contributed by atoms with Crippen LogP contribution in [0.3, 0.4) is 0 Å². The summed E-state index contributed by atoms with van der Waals surface area (Å²) in [5.74, 6) is 0.992. The topological polar surface area (TPSA) is 55.1 Å². The van der Waals surface area contributed by atoms with E-state index in [-0.39, 0.29) is 23.9 Å². The molecular weight excluding hydrogens is 315 g/mol. The fourth-order valence-electron chi connectivity index (χ4n) is 2.07. The maximum absolute atomic E-state index is 12.0. The molecule has 3 N–H and O–H groups in total. The standard InChI is InChI=1S/C14H19ClN2OS.ClH/c1-14(9-16,10-2-3-10)17-13(18)8-19-12-6-4-11(15)5-7-12;/h4-7,10H,2-3,8-9,16H2,1H3,(H,17,18);1H. The molecule has 1 aliphatic carbocycles. The molecule has 1 fully saturated rings. The van der Waals surface area contributed by atoms with Crippen LogP contribution in [-0.4, -0.2) is 23.7 Å². The molecule has 6 heteroatoms. The molecular formula is C14H20Cl2N2OS. The van der Waals surface area contributed by atoms with E-state index < -0.39 is 0 Å². The summed E-state index contributed by atoms with van der Waals surface area (Å²) < 4.78 is 0. The number of carbonyl (C=O) groups is 1. The summed E-state index contributed by atoms with van der Waals surface area (Å²) in [6.45, 7) is 2.53. The van der Waals surface area contributed by atoms with Gasteiger partial charge in [0.05, 0.1) is 11.3 Å². The van der Waals surface area contributed by atoms with Crippen LogP contribution in [-0.2, 0) is 4.79 Å². The lowest BCUT2D eigenvalue weighted by Crippen LogP contribution is -2.53. The summed E-state index contributed by atoms with van der Waals surface area (Å²) in [6, 6.07) is 7.50. The van der Waals surface area contributed by atoms with E-state index in [1.54, 1.807) is 0 Å². The summed E-state index contributed by atoms with van der Waals surface area (Å²) in [4.78, 5) is 13.0. The summed E-state index contributed by atoms with van der Waals surface area (Å²) in [5.41, 5.74) is 5.55. The molecule has 0 bridgehead atoms. The molecule has 0 saturated heterocycles. The van der Waals surface area contributed by atoms with E-state index in [1.165, 1.54) is 11.8 Å². The van der Waals surface area contributed by atoms with Gasteiger partial charge >= 0.3 is 0 Å². The number of thioether (sulfide) groups is 1. The van der Waals surface area contributed by atoms with Gasteiger partial charge in [-0.3, -0.25) is 4.79 Å². The number of amides is 1. The van der Waals surface area contributed by atoms with Gasteiger partial charge in [-0.05, 0) is 49.9 Å². The molecule has 1 aromatic rings. The Labute approximate surface area is 135 Å². The molecule has 1 aliphatic rings. The first-order valence-electron chi connectivity index (χ1n) is 6.43. The fraction of sp³-hybridized carbons (Fsp3) is 0.500. The average Bonchev–Trinajstić information content (AvgIpc) is 3.22. The molecule has 1 atom stereocenters. The highest BCUT2D eigenvalue weighted by molar-refractivity contribution is 8.00. The predicted molar refractivity (Wildman–Crippen MR) is 87.8 cm³/mol. The third-order valence-electron chi connectivity index (χ3n) is 3.51. The maximum atomic E-state index is 12.0. The van der Waals surface area contributed by atoms with E-state index in [1.807, 2.05) is 31.2 Å². The van der Waals surface area contributed by atoms with Gasteiger partial charge in [0.2, 0.25) is 5.91 Å². The molecule has 20 heavy (non-hydrogen) atoms. The van der Waals surface area contributed by atoms with Crippen LogP contribution < -0.4 is 11.1 Å². The van der Waals surface area contributed by atoms with Crippen LogP contribution >= 0.6 is 35.8 Å². The first-order valence-corrected chi connectivity index (χ1v) is 7.79. The van der Waals surface area contributed by atoms with Crippen LogP contribution in [0, 0.1) is 5.92 Å². The van der Waals surface area contributed by atoms with Crippen molar-refractivity contribution in [2.75, 3.05) is 12.3 Å². The predicted octanol–water partition coefficient (Wildman–Crippen LogP) is 3.10. The number of rotatable bonds is 6. The van der Waals surface area contributed by atoms with Gasteiger partial charge in [-0.2, -0.15) is 0 Å². The largest absolute Gasteiger partial charge is 0.349 e. The summed E-state index contributed by atoms with van der Waals surface area (Å²) >= 11 is 7.33. The lowest BCUT2D eigenvalue weighted by molar-refractivity contribution is -0.120. The lowest BCUT2D eigenvalue weighted by atomic mass is 9.96. The van der Waals surface area contributed by atoms with E-state index in [2.05, 4.69) is 5.32 Å². The average molecular weight is 335 g/mol. The van der Waals surface area contributed by atoms with Gasteiger partial charge in [0.25, 0.3) is 0 Å². The number of nitrogens with one attached hydrogen (secondary N) is 1. The van der Waals surface area contributed by atoms with Crippen molar-refractivity contribution in [3.63, 3.8) is 0 Å². The number of carbonyl (C=O) groups excluding carboxylic acids is 1. The van der Waals surface area contributed by atoms with E-state index in [0.29, 0.717) is 23.2 Å². The third kappa shape index (κ3) is 4.85. The van der Waals surface area contributed by atoms with Crippen molar-refractivity contribution in [3.05, 3.63) is 29.3 Å². The van der Waals surface area contributed by atoms with Crippen molar-refractivity contribution in [2.45, 2.75) is 30.2 Å². The Morgan fingerprint density at radius 2 is 2.05 bits per heavy atom. The molecule has 0 aromatic heterocycles. The highest BCUT2D eigenvalue weighted by atomic mass is 35.5. The second kappa shape index (κ2) is 7.55. The Kier molecular flexibility index (Phi) is 6.65. The zero-order valence-electron chi connectivity index (χ0n) is 11.4. The van der Waals surface area contributed by atoms with Gasteiger partial charge in [0, 0.05) is 16.5 Å². The molecule has 0 spiro atoms. The van der Waals surface area contributed by atoms with Gasteiger partial charge in [0.1, 0.15) is 0 Å². The normalized spacial score (nSPS) is 16.9. The van der Waals surface area contributed by atoms with Crippen LogP contribution in [0.2, 0.25) is 5.02 Å². The van der Waals surface area contributed by atoms with Crippen molar-refractivity contribution in [3.8, 4) is 0 Å². The molecule has 1 aromatic carbocycles. The third-order valence-corrected chi connectivity index (χ3v) is 4.77. The van der Waals surface area contributed by atoms with Crippen molar-refractivity contribution in [1.29, 1.82) is 0 Å². The first-order chi connectivity index (χ1) is 9.03. The molecule has 0 radical (unpaired) electrons. The van der Waals surface area contributed by atoms with Crippen molar-refractivity contribution in [2.24, 2.45) is 11.7 Å². The van der Waals surface area contributed by atoms with Crippen LogP contribution in [0.4, 0.5) is 0 Å². The van der Waals surface area contributed by atoms with E-state index >= 15 is 0 Å². The second-order valence-corrected chi connectivity index (χ2v) is 6.67. The number of nitrogens with two attached hydrogens (primary N) is 1. The summed E-state index contributed by atoms with van der Waals surface area (Å²) in [7, 11) is 0. The minimum Gasteiger partial charge on any atom is -0.349 e. The molecule has 112 valence electrons. The quantitative estimate of drug-likeness (QED) is 0.786. The second-order valence-electron chi connectivity index (χ2n) is 5.19. The molecule has 1 amide bonds. The number of hydrogen-bond acceptors (Lipinski definition) is 3.